The zero-order valence-electron chi connectivity index (χ0n) is 14.5. The molecule has 0 saturated heterocycles. The normalized spacial score (nSPS) is 12.0. The van der Waals surface area contributed by atoms with Gasteiger partial charge in [0.2, 0.25) is 10.0 Å². The Labute approximate surface area is 152 Å². The molecule has 0 fully saturated rings. The molecule has 0 aromatic heterocycles. The van der Waals surface area contributed by atoms with Gasteiger partial charge in [-0.1, -0.05) is 0 Å². The first-order chi connectivity index (χ1) is 11.2. The highest BCUT2D eigenvalue weighted by molar-refractivity contribution is 9.10. The monoisotopic (exact) mass is 420 g/mol. The Morgan fingerprint density at radius 3 is 2.58 bits per heavy atom. The lowest BCUT2D eigenvalue weighted by Gasteiger charge is -2.20. The van der Waals surface area contributed by atoms with Gasteiger partial charge in [-0.15, -0.1) is 0 Å². The molecule has 8 heteroatoms. The lowest BCUT2D eigenvalue weighted by Crippen LogP contribution is -2.31. The van der Waals surface area contributed by atoms with Crippen LogP contribution in [-0.4, -0.2) is 52.1 Å². The van der Waals surface area contributed by atoms with E-state index in [0.717, 1.165) is 6.54 Å². The minimum Gasteiger partial charge on any atom is -0.462 e. The fourth-order valence-electron chi connectivity index (χ4n) is 1.93. The number of rotatable bonds is 9. The molecule has 6 nitrogen and oxygen atoms in total. The van der Waals surface area contributed by atoms with Crippen molar-refractivity contribution in [1.29, 1.82) is 0 Å². The van der Waals surface area contributed by atoms with E-state index < -0.39 is 16.0 Å². The van der Waals surface area contributed by atoms with Crippen molar-refractivity contribution in [3.05, 3.63) is 28.2 Å². The Balaban J connectivity index is 2.72. The van der Waals surface area contributed by atoms with Crippen molar-refractivity contribution in [3.63, 3.8) is 0 Å². The lowest BCUT2D eigenvalue weighted by atomic mass is 10.2. The van der Waals surface area contributed by atoms with E-state index >= 15 is 0 Å². The Bertz CT molecular complexity index is 662. The molecule has 0 spiro atoms. The van der Waals surface area contributed by atoms with Gasteiger partial charge in [-0.05, 0) is 74.9 Å². The van der Waals surface area contributed by atoms with Crippen molar-refractivity contribution in [2.24, 2.45) is 0 Å². The van der Waals surface area contributed by atoms with Crippen molar-refractivity contribution >= 4 is 31.9 Å². The molecule has 1 N–H and O–H groups in total. The van der Waals surface area contributed by atoms with Crippen LogP contribution in [-0.2, 0) is 14.8 Å². The maximum atomic E-state index is 12.4. The van der Waals surface area contributed by atoms with Gasteiger partial charge in [0.15, 0.2) is 0 Å². The number of hydrogen-bond acceptors (Lipinski definition) is 5. The molecule has 0 radical (unpaired) electrons. The van der Waals surface area contributed by atoms with Gasteiger partial charge in [0.05, 0.1) is 17.1 Å². The van der Waals surface area contributed by atoms with Gasteiger partial charge in [0, 0.05) is 17.1 Å². The van der Waals surface area contributed by atoms with E-state index in [1.807, 2.05) is 7.05 Å². The number of esters is 1. The molecule has 0 saturated carbocycles. The molecule has 0 bridgehead atoms. The molecule has 0 aliphatic carbocycles. The van der Waals surface area contributed by atoms with Gasteiger partial charge in [0.1, 0.15) is 0 Å². The average Bonchev–Trinajstić information content (AvgIpc) is 2.51. The van der Waals surface area contributed by atoms with E-state index in [1.54, 1.807) is 6.92 Å². The molecule has 0 amide bonds. The Hall–Kier alpha value is -0.960. The predicted octanol–water partition coefficient (Wildman–Crippen LogP) is 2.63. The standard InChI is InChI=1S/C16H25BrN2O4S/c1-5-23-16(20)13-7-8-15(14(17)11-13)24(21,22)18-9-6-10-19(4)12(2)3/h7-8,11-12,18H,5-6,9-10H2,1-4H3. The van der Waals surface area contributed by atoms with E-state index in [9.17, 15) is 13.2 Å². The summed E-state index contributed by atoms with van der Waals surface area (Å²) in [5, 5.41) is 0. The number of benzene rings is 1. The second kappa shape index (κ2) is 9.50. The number of carbonyl (C=O) groups excluding carboxylic acids is 1. The topological polar surface area (TPSA) is 75.7 Å². The summed E-state index contributed by atoms with van der Waals surface area (Å²) in [6, 6.07) is 4.73. The fraction of sp³-hybridized carbons (Fsp3) is 0.562. The van der Waals surface area contributed by atoms with Crippen LogP contribution in [0.25, 0.3) is 0 Å². The number of carbonyl (C=O) groups is 1. The van der Waals surface area contributed by atoms with E-state index in [0.29, 0.717) is 29.0 Å². The van der Waals surface area contributed by atoms with Crippen LogP contribution in [0, 0.1) is 0 Å². The molecular formula is C16H25BrN2O4S. The first kappa shape index (κ1) is 21.1. The van der Waals surface area contributed by atoms with Gasteiger partial charge in [-0.25, -0.2) is 17.9 Å². The summed E-state index contributed by atoms with van der Waals surface area (Å²) in [6.07, 6.45) is 0.715. The number of sulfonamides is 1. The van der Waals surface area contributed by atoms with Gasteiger partial charge >= 0.3 is 5.97 Å². The third kappa shape index (κ3) is 6.16. The second-order valence-electron chi connectivity index (χ2n) is 5.69. The Kier molecular flexibility index (Phi) is 8.35. The number of nitrogens with zero attached hydrogens (tertiary/aromatic N) is 1. The highest BCUT2D eigenvalue weighted by Gasteiger charge is 2.19. The lowest BCUT2D eigenvalue weighted by molar-refractivity contribution is 0.0526. The maximum Gasteiger partial charge on any atom is 0.338 e. The summed E-state index contributed by atoms with van der Waals surface area (Å²) < 4.78 is 32.6. The van der Waals surface area contributed by atoms with Crippen molar-refractivity contribution < 1.29 is 17.9 Å². The van der Waals surface area contributed by atoms with Gasteiger partial charge < -0.3 is 9.64 Å². The minimum absolute atomic E-state index is 0.104. The third-order valence-electron chi connectivity index (χ3n) is 3.59. The summed E-state index contributed by atoms with van der Waals surface area (Å²) in [5.74, 6) is -0.480. The average molecular weight is 421 g/mol. The van der Waals surface area contributed by atoms with Crippen molar-refractivity contribution in [1.82, 2.24) is 9.62 Å². The van der Waals surface area contributed by atoms with Crippen LogP contribution in [0.3, 0.4) is 0 Å². The molecule has 1 aromatic carbocycles. The molecule has 0 aliphatic rings. The number of ether oxygens (including phenoxy) is 1. The summed E-state index contributed by atoms with van der Waals surface area (Å²) in [6.45, 7) is 7.32. The Morgan fingerprint density at radius 2 is 2.04 bits per heavy atom. The molecule has 0 unspecified atom stereocenters. The predicted molar refractivity (Wildman–Crippen MR) is 97.7 cm³/mol. The van der Waals surface area contributed by atoms with Gasteiger partial charge in [-0.3, -0.25) is 0 Å². The number of hydrogen-bond donors (Lipinski definition) is 1. The highest BCUT2D eigenvalue weighted by atomic mass is 79.9. The minimum atomic E-state index is -3.63. The maximum absolute atomic E-state index is 12.4. The molecule has 136 valence electrons. The summed E-state index contributed by atoms with van der Waals surface area (Å²) in [4.78, 5) is 13.9. The van der Waals surface area contributed by atoms with Crippen LogP contribution in [0.2, 0.25) is 0 Å². The van der Waals surface area contributed by atoms with Gasteiger partial charge in [0.25, 0.3) is 0 Å². The van der Waals surface area contributed by atoms with Crippen LogP contribution in [0.15, 0.2) is 27.6 Å². The van der Waals surface area contributed by atoms with E-state index in [1.165, 1.54) is 18.2 Å². The molecule has 1 rings (SSSR count). The Morgan fingerprint density at radius 1 is 1.38 bits per heavy atom. The summed E-state index contributed by atoms with van der Waals surface area (Å²) in [7, 11) is -1.63. The largest absolute Gasteiger partial charge is 0.462 e. The van der Waals surface area contributed by atoms with E-state index in [4.69, 9.17) is 4.74 Å². The number of halogens is 1. The molecule has 24 heavy (non-hydrogen) atoms. The van der Waals surface area contributed by atoms with Crippen molar-refractivity contribution in [2.75, 3.05) is 26.7 Å². The summed E-state index contributed by atoms with van der Waals surface area (Å²) in [5.41, 5.74) is 0.307. The van der Waals surface area contributed by atoms with Gasteiger partial charge in [-0.2, -0.15) is 0 Å². The van der Waals surface area contributed by atoms with Crippen LogP contribution in [0.5, 0.6) is 0 Å². The van der Waals surface area contributed by atoms with E-state index in [2.05, 4.69) is 39.4 Å². The molecule has 0 heterocycles. The molecule has 1 aromatic rings. The summed E-state index contributed by atoms with van der Waals surface area (Å²) >= 11 is 3.22. The van der Waals surface area contributed by atoms with Crippen LogP contribution in [0.1, 0.15) is 37.6 Å². The zero-order valence-corrected chi connectivity index (χ0v) is 16.9. The first-order valence-corrected chi connectivity index (χ1v) is 10.1. The third-order valence-corrected chi connectivity index (χ3v) is 6.03. The smallest absolute Gasteiger partial charge is 0.338 e. The first-order valence-electron chi connectivity index (χ1n) is 7.85. The quantitative estimate of drug-likeness (QED) is 0.490. The van der Waals surface area contributed by atoms with Crippen LogP contribution in [0.4, 0.5) is 0 Å². The molecular weight excluding hydrogens is 396 g/mol. The van der Waals surface area contributed by atoms with Crippen LogP contribution < -0.4 is 4.72 Å². The van der Waals surface area contributed by atoms with Crippen molar-refractivity contribution in [3.8, 4) is 0 Å². The van der Waals surface area contributed by atoms with E-state index in [-0.39, 0.29) is 11.5 Å². The zero-order chi connectivity index (χ0) is 18.3. The van der Waals surface area contributed by atoms with Crippen LogP contribution >= 0.6 is 15.9 Å². The molecule has 0 aliphatic heterocycles. The second-order valence-corrected chi connectivity index (χ2v) is 8.28. The SMILES string of the molecule is CCOC(=O)c1ccc(S(=O)(=O)NCCCN(C)C(C)C)c(Br)c1. The highest BCUT2D eigenvalue weighted by Crippen LogP contribution is 2.23. The van der Waals surface area contributed by atoms with Crippen molar-refractivity contribution in [2.45, 2.75) is 38.1 Å². The fourth-order valence-corrected chi connectivity index (χ4v) is 4.08. The molecule has 0 atom stereocenters. The number of nitrogens with one attached hydrogen (secondary N) is 1.